The number of carbonyl (C=O) groups excluding carboxylic acids is 1. The van der Waals surface area contributed by atoms with E-state index in [1.807, 2.05) is 13.0 Å². The maximum atomic E-state index is 11.7. The van der Waals surface area contributed by atoms with E-state index in [2.05, 4.69) is 31.2 Å². The first-order valence-electron chi connectivity index (χ1n) is 6.25. The van der Waals surface area contributed by atoms with Crippen molar-refractivity contribution in [1.29, 1.82) is 0 Å². The smallest absolute Gasteiger partial charge is 0.360 e. The molecule has 106 valence electrons. The van der Waals surface area contributed by atoms with Crippen LogP contribution in [0.2, 0.25) is 0 Å². The molecule has 0 unspecified atom stereocenters. The normalized spacial score (nSPS) is 10.6. The molecule has 0 aliphatic carbocycles. The van der Waals surface area contributed by atoms with Gasteiger partial charge in [-0.1, -0.05) is 18.6 Å². The second-order valence-corrected chi connectivity index (χ2v) is 5.21. The second-order valence-electron chi connectivity index (χ2n) is 4.30. The van der Waals surface area contributed by atoms with E-state index in [1.165, 1.54) is 7.11 Å². The van der Waals surface area contributed by atoms with Crippen LogP contribution in [0.25, 0.3) is 0 Å². The Morgan fingerprint density at radius 1 is 1.45 bits per heavy atom. The van der Waals surface area contributed by atoms with Gasteiger partial charge in [-0.3, -0.25) is 4.98 Å². The van der Waals surface area contributed by atoms with Gasteiger partial charge in [-0.2, -0.15) is 0 Å². The number of esters is 1. The lowest BCUT2D eigenvalue weighted by Crippen LogP contribution is -2.10. The molecule has 0 aliphatic heterocycles. The van der Waals surface area contributed by atoms with Crippen molar-refractivity contribution in [3.63, 3.8) is 0 Å². The summed E-state index contributed by atoms with van der Waals surface area (Å²) in [5.74, 6) is -0.452. The number of methoxy groups -OCH3 is 1. The molecule has 2 rings (SSSR count). The Bertz CT molecular complexity index is 612. The molecule has 2 aromatic rings. The van der Waals surface area contributed by atoms with Gasteiger partial charge in [-0.05, 0) is 34.0 Å². The summed E-state index contributed by atoms with van der Waals surface area (Å²) in [4.78, 5) is 15.8. The highest BCUT2D eigenvalue weighted by Gasteiger charge is 2.19. The number of carbonyl (C=O) groups is 1. The Hall–Kier alpha value is -1.76. The Labute approximate surface area is 125 Å². The van der Waals surface area contributed by atoms with Gasteiger partial charge in [0.2, 0.25) is 0 Å². The van der Waals surface area contributed by atoms with Gasteiger partial charge in [0.05, 0.1) is 19.3 Å². The molecule has 0 N–H and O–H groups in total. The van der Waals surface area contributed by atoms with E-state index < -0.39 is 5.97 Å². The minimum Gasteiger partial charge on any atom is -0.464 e. The summed E-state index contributed by atoms with van der Waals surface area (Å²) in [5.41, 5.74) is 2.06. The van der Waals surface area contributed by atoms with E-state index in [4.69, 9.17) is 4.74 Å². The van der Waals surface area contributed by atoms with Gasteiger partial charge in [0.15, 0.2) is 5.69 Å². The Morgan fingerprint density at radius 3 is 2.90 bits per heavy atom. The van der Waals surface area contributed by atoms with Crippen LogP contribution in [-0.2, 0) is 17.7 Å². The predicted octanol–water partition coefficient (Wildman–Crippen LogP) is 2.22. The number of hydrogen-bond donors (Lipinski definition) is 0. The van der Waals surface area contributed by atoms with E-state index in [1.54, 1.807) is 17.1 Å². The largest absolute Gasteiger partial charge is 0.464 e. The zero-order valence-corrected chi connectivity index (χ0v) is 12.9. The number of nitrogens with zero attached hydrogens (tertiary/aromatic N) is 4. The van der Waals surface area contributed by atoms with Crippen molar-refractivity contribution in [3.8, 4) is 0 Å². The van der Waals surface area contributed by atoms with Crippen LogP contribution in [0.3, 0.4) is 0 Å². The molecule has 2 aromatic heterocycles. The summed E-state index contributed by atoms with van der Waals surface area (Å²) < 4.78 is 7.36. The van der Waals surface area contributed by atoms with Crippen molar-refractivity contribution in [1.82, 2.24) is 20.0 Å². The van der Waals surface area contributed by atoms with Gasteiger partial charge in [0, 0.05) is 16.9 Å². The maximum absolute atomic E-state index is 11.7. The average Bonchev–Trinajstić information content (AvgIpc) is 2.82. The Morgan fingerprint density at radius 2 is 2.25 bits per heavy atom. The highest BCUT2D eigenvalue weighted by atomic mass is 79.9. The molecule has 0 fully saturated rings. The fourth-order valence-corrected chi connectivity index (χ4v) is 2.33. The molecule has 0 aromatic carbocycles. The van der Waals surface area contributed by atoms with Crippen LogP contribution < -0.4 is 0 Å². The van der Waals surface area contributed by atoms with E-state index in [9.17, 15) is 4.79 Å². The minimum atomic E-state index is -0.452. The average molecular weight is 339 g/mol. The highest BCUT2D eigenvalue weighted by molar-refractivity contribution is 9.10. The number of aromatic nitrogens is 4. The van der Waals surface area contributed by atoms with Gasteiger partial charge in [-0.25, -0.2) is 9.48 Å². The molecule has 0 bridgehead atoms. The first-order valence-corrected chi connectivity index (χ1v) is 7.05. The number of hydrogen-bond acceptors (Lipinski definition) is 5. The lowest BCUT2D eigenvalue weighted by molar-refractivity contribution is 0.0592. The zero-order valence-electron chi connectivity index (χ0n) is 11.3. The Kier molecular flexibility index (Phi) is 4.84. The van der Waals surface area contributed by atoms with Gasteiger partial charge in [0.25, 0.3) is 0 Å². The second kappa shape index (κ2) is 6.60. The Balaban J connectivity index is 2.31. The molecule has 0 atom stereocenters. The SMILES string of the molecule is CCCc1c(C(=O)OC)nnn1Cc1cncc(Br)c1. The third-order valence-electron chi connectivity index (χ3n) is 2.80. The van der Waals surface area contributed by atoms with Crippen LogP contribution in [0.15, 0.2) is 22.9 Å². The lowest BCUT2D eigenvalue weighted by Gasteiger charge is -2.06. The van der Waals surface area contributed by atoms with Gasteiger partial charge >= 0.3 is 5.97 Å². The fourth-order valence-electron chi connectivity index (χ4n) is 1.91. The summed E-state index contributed by atoms with van der Waals surface area (Å²) >= 11 is 3.38. The molecule has 2 heterocycles. The molecule has 0 amide bonds. The predicted molar refractivity (Wildman–Crippen MR) is 76.4 cm³/mol. The number of ether oxygens (including phenoxy) is 1. The van der Waals surface area contributed by atoms with E-state index >= 15 is 0 Å². The van der Waals surface area contributed by atoms with E-state index in [-0.39, 0.29) is 5.69 Å². The molecule has 20 heavy (non-hydrogen) atoms. The van der Waals surface area contributed by atoms with Crippen LogP contribution in [0.4, 0.5) is 0 Å². The summed E-state index contributed by atoms with van der Waals surface area (Å²) in [6.07, 6.45) is 5.10. The number of rotatable bonds is 5. The highest BCUT2D eigenvalue weighted by Crippen LogP contribution is 2.14. The third-order valence-corrected chi connectivity index (χ3v) is 3.23. The number of pyridine rings is 1. The molecular formula is C13H15BrN4O2. The van der Waals surface area contributed by atoms with Crippen LogP contribution in [0.1, 0.15) is 35.1 Å². The fraction of sp³-hybridized carbons (Fsp3) is 0.385. The first-order chi connectivity index (χ1) is 9.65. The molecule has 0 spiro atoms. The summed E-state index contributed by atoms with van der Waals surface area (Å²) in [6, 6.07) is 1.96. The minimum absolute atomic E-state index is 0.289. The zero-order chi connectivity index (χ0) is 14.5. The summed E-state index contributed by atoms with van der Waals surface area (Å²) in [6.45, 7) is 2.56. The van der Waals surface area contributed by atoms with Crippen molar-refractivity contribution in [2.75, 3.05) is 7.11 Å². The van der Waals surface area contributed by atoms with Gasteiger partial charge in [-0.15, -0.1) is 5.10 Å². The quantitative estimate of drug-likeness (QED) is 0.782. The summed E-state index contributed by atoms with van der Waals surface area (Å²) in [7, 11) is 1.34. The first kappa shape index (κ1) is 14.6. The molecule has 6 nitrogen and oxygen atoms in total. The molecular weight excluding hydrogens is 324 g/mol. The maximum Gasteiger partial charge on any atom is 0.360 e. The molecule has 0 saturated heterocycles. The molecule has 7 heteroatoms. The molecule has 0 radical (unpaired) electrons. The lowest BCUT2D eigenvalue weighted by atomic mass is 10.2. The van der Waals surface area contributed by atoms with Crippen LogP contribution in [0, 0.1) is 0 Å². The van der Waals surface area contributed by atoms with Crippen molar-refractivity contribution in [3.05, 3.63) is 39.9 Å². The van der Waals surface area contributed by atoms with Crippen LogP contribution in [0.5, 0.6) is 0 Å². The third kappa shape index (κ3) is 3.22. The summed E-state index contributed by atoms with van der Waals surface area (Å²) in [5, 5.41) is 7.98. The van der Waals surface area contributed by atoms with E-state index in [0.29, 0.717) is 6.54 Å². The van der Waals surface area contributed by atoms with Crippen molar-refractivity contribution < 1.29 is 9.53 Å². The van der Waals surface area contributed by atoms with Crippen molar-refractivity contribution in [2.24, 2.45) is 0 Å². The van der Waals surface area contributed by atoms with Crippen molar-refractivity contribution in [2.45, 2.75) is 26.3 Å². The molecule has 0 aliphatic rings. The van der Waals surface area contributed by atoms with Crippen LogP contribution >= 0.6 is 15.9 Å². The monoisotopic (exact) mass is 338 g/mol. The van der Waals surface area contributed by atoms with Gasteiger partial charge in [0.1, 0.15) is 0 Å². The van der Waals surface area contributed by atoms with Crippen molar-refractivity contribution >= 4 is 21.9 Å². The number of halogens is 1. The van der Waals surface area contributed by atoms with Crippen LogP contribution in [-0.4, -0.2) is 33.1 Å². The van der Waals surface area contributed by atoms with E-state index in [0.717, 1.165) is 28.6 Å². The standard InChI is InChI=1S/C13H15BrN4O2/c1-3-4-11-12(13(19)20-2)16-17-18(11)8-9-5-10(14)7-15-6-9/h5-7H,3-4,8H2,1-2H3. The molecule has 0 saturated carbocycles. The topological polar surface area (TPSA) is 69.9 Å². The van der Waals surface area contributed by atoms with Gasteiger partial charge < -0.3 is 4.74 Å².